The Labute approximate surface area is 203 Å². The van der Waals surface area contributed by atoms with E-state index in [0.29, 0.717) is 23.6 Å². The van der Waals surface area contributed by atoms with Gasteiger partial charge >= 0.3 is 0 Å². The molecule has 0 radical (unpaired) electrons. The third-order valence-corrected chi connectivity index (χ3v) is 6.16. The highest BCUT2D eigenvalue weighted by Crippen LogP contribution is 2.23. The van der Waals surface area contributed by atoms with Crippen molar-refractivity contribution >= 4 is 23.2 Å². The molecule has 0 amide bonds. The highest BCUT2D eigenvalue weighted by Gasteiger charge is 2.31. The van der Waals surface area contributed by atoms with Gasteiger partial charge in [-0.25, -0.2) is 10.0 Å². The van der Waals surface area contributed by atoms with Gasteiger partial charge in [-0.1, -0.05) is 52.0 Å². The molecule has 2 atom stereocenters. The van der Waals surface area contributed by atoms with Gasteiger partial charge in [-0.05, 0) is 60.1 Å². The second-order valence-electron chi connectivity index (χ2n) is 9.39. The number of halogens is 2. The van der Waals surface area contributed by atoms with Crippen LogP contribution in [-0.4, -0.2) is 57.2 Å². The first-order valence-corrected chi connectivity index (χ1v) is 12.5. The molecule has 0 aliphatic carbocycles. The first-order chi connectivity index (χ1) is 15.2. The quantitative estimate of drug-likeness (QED) is 0.275. The normalized spacial score (nSPS) is 13.9. The number of alkyl halides is 2. The van der Waals surface area contributed by atoms with E-state index in [9.17, 15) is 10.2 Å². The monoisotopic (exact) mass is 480 g/mol. The van der Waals surface area contributed by atoms with Gasteiger partial charge in [-0.2, -0.15) is 0 Å². The van der Waals surface area contributed by atoms with E-state index in [-0.39, 0.29) is 23.6 Å². The van der Waals surface area contributed by atoms with Gasteiger partial charge in [0.2, 0.25) is 0 Å². The average Bonchev–Trinajstić information content (AvgIpc) is 2.75. The summed E-state index contributed by atoms with van der Waals surface area (Å²) >= 11 is 13.1. The summed E-state index contributed by atoms with van der Waals surface area (Å²) in [6.45, 7) is 10.7. The van der Waals surface area contributed by atoms with Crippen molar-refractivity contribution in [2.24, 2.45) is 11.8 Å². The molecule has 0 aromatic heterocycles. The zero-order valence-corrected chi connectivity index (χ0v) is 21.2. The molecule has 0 aliphatic heterocycles. The number of hydrazine groups is 1. The summed E-state index contributed by atoms with van der Waals surface area (Å²) in [4.78, 5) is 0. The number of phenols is 2. The van der Waals surface area contributed by atoms with Gasteiger partial charge in [0.25, 0.3) is 0 Å². The van der Waals surface area contributed by atoms with Gasteiger partial charge in [-0.3, -0.25) is 0 Å². The molecule has 2 N–H and O–H groups in total. The van der Waals surface area contributed by atoms with Gasteiger partial charge in [-0.15, -0.1) is 23.2 Å². The molecule has 0 spiro atoms. The molecule has 4 nitrogen and oxygen atoms in total. The summed E-state index contributed by atoms with van der Waals surface area (Å²) in [6, 6.07) is 15.0. The number of phenolic OH excluding ortho intramolecular Hbond substituents is 2. The molecule has 0 unspecified atom stereocenters. The highest BCUT2D eigenvalue weighted by molar-refractivity contribution is 6.18. The Morgan fingerprint density at radius 2 is 0.938 bits per heavy atom. The fourth-order valence-electron chi connectivity index (χ4n) is 3.96. The Morgan fingerprint density at radius 1 is 0.625 bits per heavy atom. The molecule has 32 heavy (non-hydrogen) atoms. The second-order valence-corrected chi connectivity index (χ2v) is 10.0. The summed E-state index contributed by atoms with van der Waals surface area (Å²) < 4.78 is 0. The third-order valence-electron chi connectivity index (χ3n) is 5.45. The van der Waals surface area contributed by atoms with E-state index in [4.69, 9.17) is 23.2 Å². The van der Waals surface area contributed by atoms with Crippen molar-refractivity contribution in [3.05, 3.63) is 59.7 Å². The smallest absolute Gasteiger partial charge is 0.115 e. The minimum absolute atomic E-state index is 0.105. The minimum atomic E-state index is 0.105. The van der Waals surface area contributed by atoms with Crippen molar-refractivity contribution in [1.29, 1.82) is 0 Å². The van der Waals surface area contributed by atoms with E-state index in [1.807, 2.05) is 24.3 Å². The topological polar surface area (TPSA) is 46.9 Å². The van der Waals surface area contributed by atoms with Gasteiger partial charge in [0.1, 0.15) is 11.5 Å². The maximum absolute atomic E-state index is 9.65. The minimum Gasteiger partial charge on any atom is -0.508 e. The number of hydrogen-bond donors (Lipinski definition) is 2. The Balaban J connectivity index is 2.35. The molecule has 0 aliphatic rings. The highest BCUT2D eigenvalue weighted by atomic mass is 35.5. The van der Waals surface area contributed by atoms with E-state index in [1.165, 1.54) is 0 Å². The molecule has 178 valence electrons. The summed E-state index contributed by atoms with van der Waals surface area (Å²) in [5, 5.41) is 24.2. The van der Waals surface area contributed by atoms with Gasteiger partial charge < -0.3 is 10.2 Å². The lowest BCUT2D eigenvalue weighted by Gasteiger charge is -2.45. The molecule has 6 heteroatoms. The fraction of sp³-hybridized carbons (Fsp3) is 0.538. The average molecular weight is 482 g/mol. The molecule has 2 aromatic rings. The van der Waals surface area contributed by atoms with Gasteiger partial charge in [0.15, 0.2) is 0 Å². The zero-order valence-electron chi connectivity index (χ0n) is 19.7. The van der Waals surface area contributed by atoms with Crippen LogP contribution in [0.4, 0.5) is 0 Å². The van der Waals surface area contributed by atoms with Crippen molar-refractivity contribution in [2.45, 2.75) is 52.6 Å². The van der Waals surface area contributed by atoms with Crippen LogP contribution in [0.15, 0.2) is 48.5 Å². The third kappa shape index (κ3) is 8.47. The van der Waals surface area contributed by atoms with Crippen LogP contribution in [0.1, 0.15) is 38.8 Å². The van der Waals surface area contributed by atoms with E-state index >= 15 is 0 Å². The van der Waals surface area contributed by atoms with Crippen LogP contribution >= 0.6 is 23.2 Å². The number of nitrogens with zero attached hydrogens (tertiary/aromatic N) is 2. The van der Waals surface area contributed by atoms with Crippen LogP contribution in [0.5, 0.6) is 11.5 Å². The largest absolute Gasteiger partial charge is 0.508 e. The molecule has 0 saturated heterocycles. The number of aromatic hydroxyl groups is 2. The maximum Gasteiger partial charge on any atom is 0.115 e. The van der Waals surface area contributed by atoms with E-state index < -0.39 is 0 Å². The number of hydrogen-bond acceptors (Lipinski definition) is 4. The fourth-order valence-corrected chi connectivity index (χ4v) is 4.50. The second kappa shape index (κ2) is 13.3. The van der Waals surface area contributed by atoms with Crippen LogP contribution < -0.4 is 0 Å². The van der Waals surface area contributed by atoms with Crippen molar-refractivity contribution in [1.82, 2.24) is 10.0 Å². The predicted octanol–water partition coefficient (Wildman–Crippen LogP) is 5.93. The van der Waals surface area contributed by atoms with Crippen LogP contribution in [0.3, 0.4) is 0 Å². The molecule has 0 heterocycles. The molecule has 2 rings (SSSR count). The molecule has 0 fully saturated rings. The van der Waals surface area contributed by atoms with Crippen LogP contribution in [0.2, 0.25) is 0 Å². The first kappa shape index (κ1) is 26.8. The molecule has 0 bridgehead atoms. The summed E-state index contributed by atoms with van der Waals surface area (Å²) in [7, 11) is 0. The summed E-state index contributed by atoms with van der Waals surface area (Å²) in [5.41, 5.74) is 2.29. The lowest BCUT2D eigenvalue weighted by molar-refractivity contribution is -0.0948. The molecular formula is C26H38Cl2N2O2. The van der Waals surface area contributed by atoms with E-state index in [0.717, 1.165) is 37.1 Å². The van der Waals surface area contributed by atoms with Crippen LogP contribution in [0, 0.1) is 11.8 Å². The summed E-state index contributed by atoms with van der Waals surface area (Å²) in [6.07, 6.45) is 1.58. The predicted molar refractivity (Wildman–Crippen MR) is 136 cm³/mol. The van der Waals surface area contributed by atoms with E-state index in [1.54, 1.807) is 24.3 Å². The molecular weight excluding hydrogens is 443 g/mol. The molecule has 0 saturated carbocycles. The number of benzene rings is 2. The maximum atomic E-state index is 9.65. The SMILES string of the molecule is CC(C)CN([C@H](CCl)Cc1ccc(O)cc1)N(CC(C)C)[C@H](CCl)Cc1ccc(O)cc1. The molecule has 2 aromatic carbocycles. The van der Waals surface area contributed by atoms with Crippen molar-refractivity contribution in [3.8, 4) is 11.5 Å². The van der Waals surface area contributed by atoms with Gasteiger partial charge in [0.05, 0.1) is 0 Å². The van der Waals surface area contributed by atoms with Gasteiger partial charge in [0, 0.05) is 36.9 Å². The zero-order chi connectivity index (χ0) is 23.7. The van der Waals surface area contributed by atoms with Crippen molar-refractivity contribution in [2.75, 3.05) is 24.8 Å². The Morgan fingerprint density at radius 3 is 1.19 bits per heavy atom. The van der Waals surface area contributed by atoms with Crippen LogP contribution in [-0.2, 0) is 12.8 Å². The summed E-state index contributed by atoms with van der Waals surface area (Å²) in [5.74, 6) is 2.45. The lowest BCUT2D eigenvalue weighted by atomic mass is 10.0. The Kier molecular flexibility index (Phi) is 11.1. The van der Waals surface area contributed by atoms with Crippen LogP contribution in [0.25, 0.3) is 0 Å². The number of rotatable bonds is 13. The van der Waals surface area contributed by atoms with E-state index in [2.05, 4.69) is 37.7 Å². The Bertz CT molecular complexity index is 714. The first-order valence-electron chi connectivity index (χ1n) is 11.4. The van der Waals surface area contributed by atoms with Crippen molar-refractivity contribution < 1.29 is 10.2 Å². The standard InChI is InChI=1S/C26H38Cl2N2O2/c1-19(2)17-29(23(15-27)13-21-5-9-25(31)10-6-21)30(18-20(3)4)24(16-28)14-22-7-11-26(32)12-8-22/h5-12,19-20,23-24,31-32H,13-18H2,1-4H3/t23-,24-/m0/s1. The Hall–Kier alpha value is -1.46. The van der Waals surface area contributed by atoms with Crippen molar-refractivity contribution in [3.63, 3.8) is 0 Å². The lowest BCUT2D eigenvalue weighted by Crippen LogP contribution is -2.58.